The lowest BCUT2D eigenvalue weighted by Gasteiger charge is -2.11. The summed E-state index contributed by atoms with van der Waals surface area (Å²) in [6.07, 6.45) is 3.14. The highest BCUT2D eigenvalue weighted by atomic mass is 32.2. The monoisotopic (exact) mass is 359 g/mol. The molecule has 2 rings (SSSR count). The summed E-state index contributed by atoms with van der Waals surface area (Å²) in [5.41, 5.74) is 1.23. The molecular formula is C19H21NO4S. The number of allylic oxidation sites excluding steroid dienone is 1. The van der Waals surface area contributed by atoms with Crippen LogP contribution in [0.4, 0.5) is 0 Å². The van der Waals surface area contributed by atoms with Gasteiger partial charge in [-0.3, -0.25) is 4.79 Å². The number of ether oxygens (including phenoxy) is 1. The summed E-state index contributed by atoms with van der Waals surface area (Å²) in [6.45, 7) is 2.44. The van der Waals surface area contributed by atoms with Gasteiger partial charge in [-0.05, 0) is 49.4 Å². The van der Waals surface area contributed by atoms with E-state index in [1.165, 1.54) is 44.4 Å². The van der Waals surface area contributed by atoms with E-state index in [1.807, 2.05) is 31.2 Å². The number of rotatable bonds is 7. The molecule has 0 heterocycles. The van der Waals surface area contributed by atoms with E-state index in [2.05, 4.69) is 0 Å². The molecule has 0 unspecified atom stereocenters. The summed E-state index contributed by atoms with van der Waals surface area (Å²) in [5.74, 6) is 0.501. The summed E-state index contributed by atoms with van der Waals surface area (Å²) in [5, 5.41) is 0. The van der Waals surface area contributed by atoms with Crippen molar-refractivity contribution in [2.24, 2.45) is 0 Å². The number of carbonyl (C=O) groups is 1. The number of hydrogen-bond donors (Lipinski definition) is 0. The van der Waals surface area contributed by atoms with Crippen molar-refractivity contribution < 1.29 is 17.9 Å². The van der Waals surface area contributed by atoms with Gasteiger partial charge in [0.05, 0.1) is 11.5 Å². The van der Waals surface area contributed by atoms with Gasteiger partial charge in [0.25, 0.3) is 0 Å². The predicted octanol–water partition coefficient (Wildman–Crippen LogP) is 3.23. The first-order valence-corrected chi connectivity index (χ1v) is 9.27. The first-order valence-electron chi connectivity index (χ1n) is 7.83. The van der Waals surface area contributed by atoms with Crippen molar-refractivity contribution in [2.75, 3.05) is 20.7 Å². The largest absolute Gasteiger partial charge is 0.493 e. The number of nitrogens with zero attached hydrogens (tertiary/aromatic N) is 1. The van der Waals surface area contributed by atoms with E-state index in [-0.39, 0.29) is 10.7 Å². The van der Waals surface area contributed by atoms with Gasteiger partial charge >= 0.3 is 0 Å². The maximum Gasteiger partial charge on any atom is 0.242 e. The lowest BCUT2D eigenvalue weighted by Crippen LogP contribution is -2.22. The maximum atomic E-state index is 12.3. The van der Waals surface area contributed by atoms with Crippen molar-refractivity contribution in [1.82, 2.24) is 4.31 Å². The van der Waals surface area contributed by atoms with Gasteiger partial charge in [-0.25, -0.2) is 12.7 Å². The molecule has 0 bridgehead atoms. The SMILES string of the molecule is CCOc1ccccc1/C=C/C(=O)c1ccc(S(=O)(=O)N(C)C)cc1. The van der Waals surface area contributed by atoms with Gasteiger partial charge in [0.2, 0.25) is 10.0 Å². The van der Waals surface area contributed by atoms with E-state index >= 15 is 0 Å². The highest BCUT2D eigenvalue weighted by molar-refractivity contribution is 7.89. The van der Waals surface area contributed by atoms with Crippen molar-refractivity contribution in [1.29, 1.82) is 0 Å². The molecule has 0 saturated carbocycles. The molecule has 0 spiro atoms. The normalized spacial score (nSPS) is 11.8. The zero-order valence-corrected chi connectivity index (χ0v) is 15.3. The minimum Gasteiger partial charge on any atom is -0.493 e. The number of carbonyl (C=O) groups excluding carboxylic acids is 1. The molecule has 132 valence electrons. The van der Waals surface area contributed by atoms with Crippen LogP contribution in [0.1, 0.15) is 22.8 Å². The Bertz CT molecular complexity index is 869. The third-order valence-corrected chi connectivity index (χ3v) is 5.38. The van der Waals surface area contributed by atoms with E-state index in [0.29, 0.717) is 17.9 Å². The Morgan fingerprint density at radius 3 is 2.32 bits per heavy atom. The molecule has 0 aromatic heterocycles. The number of ketones is 1. The molecule has 0 atom stereocenters. The minimum absolute atomic E-state index is 0.153. The molecule has 0 radical (unpaired) electrons. The Hall–Kier alpha value is -2.44. The molecule has 0 aliphatic carbocycles. The quantitative estimate of drug-likeness (QED) is 0.562. The molecule has 0 fully saturated rings. The summed E-state index contributed by atoms with van der Waals surface area (Å²) < 4.78 is 30.7. The summed E-state index contributed by atoms with van der Waals surface area (Å²) in [6, 6.07) is 13.3. The van der Waals surface area contributed by atoms with Crippen LogP contribution in [0.2, 0.25) is 0 Å². The van der Waals surface area contributed by atoms with Gasteiger partial charge < -0.3 is 4.74 Å². The zero-order valence-electron chi connectivity index (χ0n) is 14.5. The van der Waals surface area contributed by atoms with E-state index in [1.54, 1.807) is 6.08 Å². The molecule has 0 N–H and O–H groups in total. The van der Waals surface area contributed by atoms with Crippen molar-refractivity contribution >= 4 is 21.9 Å². The van der Waals surface area contributed by atoms with Gasteiger partial charge in [0.15, 0.2) is 5.78 Å². The fraction of sp³-hybridized carbons (Fsp3) is 0.211. The van der Waals surface area contributed by atoms with Crippen LogP contribution >= 0.6 is 0 Å². The first kappa shape index (κ1) is 18.9. The molecule has 2 aromatic carbocycles. The molecule has 2 aromatic rings. The summed E-state index contributed by atoms with van der Waals surface area (Å²) >= 11 is 0. The van der Waals surface area contributed by atoms with Gasteiger partial charge in [-0.2, -0.15) is 0 Å². The molecule has 5 nitrogen and oxygen atoms in total. The molecule has 0 aliphatic heterocycles. The van der Waals surface area contributed by atoms with Crippen molar-refractivity contribution in [3.8, 4) is 5.75 Å². The summed E-state index contributed by atoms with van der Waals surface area (Å²) in [7, 11) is -0.569. The third-order valence-electron chi connectivity index (χ3n) is 3.55. The zero-order chi connectivity index (χ0) is 18.4. The molecule has 0 amide bonds. The Labute approximate surface area is 148 Å². The average molecular weight is 359 g/mol. The standard InChI is InChI=1S/C19H21NO4S/c1-4-24-19-8-6-5-7-16(19)11-14-18(21)15-9-12-17(13-10-15)25(22,23)20(2)3/h5-14H,4H2,1-3H3/b14-11+. The lowest BCUT2D eigenvalue weighted by atomic mass is 10.1. The number of sulfonamides is 1. The van der Waals surface area contributed by atoms with Gasteiger partial charge in [0, 0.05) is 25.2 Å². The van der Waals surface area contributed by atoms with E-state index < -0.39 is 10.0 Å². The summed E-state index contributed by atoms with van der Waals surface area (Å²) in [4.78, 5) is 12.4. The molecule has 0 saturated heterocycles. The molecule has 25 heavy (non-hydrogen) atoms. The van der Waals surface area contributed by atoms with Crippen molar-refractivity contribution in [3.63, 3.8) is 0 Å². The molecule has 6 heteroatoms. The first-order chi connectivity index (χ1) is 11.9. The lowest BCUT2D eigenvalue weighted by molar-refractivity contribution is 0.104. The second-order valence-corrected chi connectivity index (χ2v) is 7.63. The van der Waals surface area contributed by atoms with Crippen LogP contribution in [0.5, 0.6) is 5.75 Å². The maximum absolute atomic E-state index is 12.3. The highest BCUT2D eigenvalue weighted by Gasteiger charge is 2.17. The molecule has 0 aliphatic rings. The fourth-order valence-electron chi connectivity index (χ4n) is 2.17. The van der Waals surface area contributed by atoms with Crippen LogP contribution in [0, 0.1) is 0 Å². The van der Waals surface area contributed by atoms with Gasteiger partial charge in [-0.1, -0.05) is 18.2 Å². The molecular weight excluding hydrogens is 338 g/mol. The second kappa shape index (κ2) is 8.09. The van der Waals surface area contributed by atoms with Crippen LogP contribution < -0.4 is 4.74 Å². The van der Waals surface area contributed by atoms with E-state index in [0.717, 1.165) is 9.87 Å². The third kappa shape index (κ3) is 4.55. The van der Waals surface area contributed by atoms with Crippen molar-refractivity contribution in [2.45, 2.75) is 11.8 Å². The predicted molar refractivity (Wildman–Crippen MR) is 98.3 cm³/mol. The smallest absolute Gasteiger partial charge is 0.242 e. The number of para-hydroxylation sites is 1. The van der Waals surface area contributed by atoms with E-state index in [9.17, 15) is 13.2 Å². The fourth-order valence-corrected chi connectivity index (χ4v) is 3.07. The van der Waals surface area contributed by atoms with Crippen LogP contribution in [0.25, 0.3) is 6.08 Å². The number of hydrogen-bond acceptors (Lipinski definition) is 4. The topological polar surface area (TPSA) is 63.7 Å². The van der Waals surface area contributed by atoms with E-state index in [4.69, 9.17) is 4.74 Å². The second-order valence-electron chi connectivity index (χ2n) is 5.48. The Kier molecular flexibility index (Phi) is 6.12. The van der Waals surface area contributed by atoms with Gasteiger partial charge in [-0.15, -0.1) is 0 Å². The van der Waals surface area contributed by atoms with Crippen LogP contribution in [0.15, 0.2) is 59.5 Å². The Balaban J connectivity index is 2.19. The van der Waals surface area contributed by atoms with Crippen LogP contribution in [-0.2, 0) is 10.0 Å². The van der Waals surface area contributed by atoms with Crippen LogP contribution in [0.3, 0.4) is 0 Å². The van der Waals surface area contributed by atoms with Crippen LogP contribution in [-0.4, -0.2) is 39.2 Å². The Morgan fingerprint density at radius 2 is 1.72 bits per heavy atom. The number of benzene rings is 2. The van der Waals surface area contributed by atoms with Gasteiger partial charge in [0.1, 0.15) is 5.75 Å². The minimum atomic E-state index is -3.50. The average Bonchev–Trinajstić information content (AvgIpc) is 2.61. The highest BCUT2D eigenvalue weighted by Crippen LogP contribution is 2.20. The van der Waals surface area contributed by atoms with Crippen molar-refractivity contribution in [3.05, 3.63) is 65.7 Å². The Morgan fingerprint density at radius 1 is 1.08 bits per heavy atom.